The highest BCUT2D eigenvalue weighted by molar-refractivity contribution is 6.24. The summed E-state index contributed by atoms with van der Waals surface area (Å²) >= 11 is 0. The number of anilines is 1. The Bertz CT molecular complexity index is 1390. The number of nitrogens with zero attached hydrogens (tertiary/aromatic N) is 2. The number of allylic oxidation sites excluding steroid dienone is 3. The minimum absolute atomic E-state index is 0.118. The average molecular weight is 479 g/mol. The molecule has 7 heteroatoms. The molecule has 0 unspecified atom stereocenters. The molecule has 178 valence electrons. The van der Waals surface area contributed by atoms with Crippen molar-refractivity contribution in [2.24, 2.45) is 23.7 Å². The van der Waals surface area contributed by atoms with Gasteiger partial charge < -0.3 is 4.74 Å². The molecule has 0 spiro atoms. The van der Waals surface area contributed by atoms with E-state index in [1.54, 1.807) is 0 Å². The lowest BCUT2D eigenvalue weighted by atomic mass is 9.85. The number of ether oxygens (including phenoxy) is 1. The van der Waals surface area contributed by atoms with Gasteiger partial charge in [-0.2, -0.15) is 0 Å². The molecule has 4 atom stereocenters. The molecule has 7 nitrogen and oxygen atoms in total. The van der Waals surface area contributed by atoms with Crippen LogP contribution in [-0.4, -0.2) is 23.8 Å². The largest absolute Gasteiger partial charge is 0.495 e. The van der Waals surface area contributed by atoms with Crippen molar-refractivity contribution in [1.82, 2.24) is 0 Å². The Labute approximate surface area is 207 Å². The molecule has 1 aliphatic heterocycles. The van der Waals surface area contributed by atoms with Crippen LogP contribution in [0.25, 0.3) is 5.57 Å². The summed E-state index contributed by atoms with van der Waals surface area (Å²) in [6.07, 6.45) is 4.07. The van der Waals surface area contributed by atoms with Gasteiger partial charge in [-0.05, 0) is 28.3 Å². The summed E-state index contributed by atoms with van der Waals surface area (Å²) in [5.41, 5.74) is 4.11. The van der Waals surface area contributed by atoms with Gasteiger partial charge in [-0.3, -0.25) is 19.7 Å². The Morgan fingerprint density at radius 3 is 1.83 bits per heavy atom. The molecule has 1 saturated carbocycles. The fraction of sp³-hybridized carbons (Fsp3) is 0.172. The maximum atomic E-state index is 13.8. The second-order valence-corrected chi connectivity index (χ2v) is 9.18. The Balaban J connectivity index is 1.48. The number of methoxy groups -OCH3 is 1. The van der Waals surface area contributed by atoms with Crippen molar-refractivity contribution in [1.29, 1.82) is 0 Å². The number of nitro benzene ring substituents is 1. The van der Waals surface area contributed by atoms with E-state index in [0.29, 0.717) is 0 Å². The predicted octanol–water partition coefficient (Wildman–Crippen LogP) is 5.03. The van der Waals surface area contributed by atoms with Gasteiger partial charge in [0.25, 0.3) is 5.69 Å². The highest BCUT2D eigenvalue weighted by Crippen LogP contribution is 2.59. The first-order valence-electron chi connectivity index (χ1n) is 11.7. The zero-order chi connectivity index (χ0) is 25.0. The second kappa shape index (κ2) is 8.30. The van der Waals surface area contributed by atoms with Crippen molar-refractivity contribution in [3.63, 3.8) is 0 Å². The Kier molecular flexibility index (Phi) is 5.07. The molecule has 0 aromatic heterocycles. The number of fused-ring (bicyclic) bond motifs is 5. The lowest BCUT2D eigenvalue weighted by Crippen LogP contribution is -2.33. The van der Waals surface area contributed by atoms with E-state index in [-0.39, 0.29) is 40.8 Å². The van der Waals surface area contributed by atoms with Crippen LogP contribution in [0, 0.1) is 33.8 Å². The summed E-state index contributed by atoms with van der Waals surface area (Å²) in [6, 6.07) is 24.0. The topological polar surface area (TPSA) is 89.8 Å². The number of rotatable bonds is 5. The molecule has 2 fully saturated rings. The number of imide groups is 1. The highest BCUT2D eigenvalue weighted by Gasteiger charge is 2.62. The van der Waals surface area contributed by atoms with Gasteiger partial charge in [0.15, 0.2) is 0 Å². The molecule has 1 heterocycles. The molecular weight excluding hydrogens is 456 g/mol. The van der Waals surface area contributed by atoms with Crippen LogP contribution in [0.5, 0.6) is 5.75 Å². The van der Waals surface area contributed by atoms with E-state index in [2.05, 4.69) is 0 Å². The fourth-order valence-electron chi connectivity index (χ4n) is 6.01. The summed E-state index contributed by atoms with van der Waals surface area (Å²) in [5.74, 6) is -2.05. The quantitative estimate of drug-likeness (QED) is 0.222. The minimum Gasteiger partial charge on any atom is -0.495 e. The molecule has 0 N–H and O–H groups in total. The highest BCUT2D eigenvalue weighted by atomic mass is 16.6. The first kappa shape index (κ1) is 22.0. The normalized spacial score (nSPS) is 23.8. The van der Waals surface area contributed by atoms with Crippen molar-refractivity contribution < 1.29 is 19.2 Å². The third-order valence-electron chi connectivity index (χ3n) is 7.44. The number of non-ortho nitro benzene ring substituents is 1. The van der Waals surface area contributed by atoms with E-state index in [1.807, 2.05) is 72.8 Å². The molecule has 6 rings (SSSR count). The van der Waals surface area contributed by atoms with Crippen LogP contribution in [-0.2, 0) is 9.59 Å². The van der Waals surface area contributed by atoms with Gasteiger partial charge in [0, 0.05) is 24.0 Å². The second-order valence-electron chi connectivity index (χ2n) is 9.18. The smallest absolute Gasteiger partial charge is 0.271 e. The molecule has 3 aromatic rings. The number of amides is 2. The van der Waals surface area contributed by atoms with E-state index >= 15 is 0 Å². The molecule has 0 radical (unpaired) electrons. The van der Waals surface area contributed by atoms with Gasteiger partial charge in [-0.1, -0.05) is 72.8 Å². The first-order valence-corrected chi connectivity index (χ1v) is 11.7. The first-order chi connectivity index (χ1) is 17.5. The standard InChI is InChI=1S/C29H22N2O5/c1-36-23-15-12-19(31(34)35)16-22(23)30-28(32)26-20-13-14-21(27(26)29(30)33)25(20)24(17-8-4-2-5-9-17)18-10-6-3-7-11-18/h2-16,20-21,26-27H,1H3/t20-,21-,26+,27+/m0/s1. The maximum absolute atomic E-state index is 13.8. The number of hydrogen-bond acceptors (Lipinski definition) is 5. The van der Waals surface area contributed by atoms with E-state index in [1.165, 1.54) is 25.3 Å². The zero-order valence-corrected chi connectivity index (χ0v) is 19.4. The summed E-state index contributed by atoms with van der Waals surface area (Å²) in [5, 5.41) is 11.4. The fourth-order valence-corrected chi connectivity index (χ4v) is 6.01. The molecule has 3 aliphatic rings. The van der Waals surface area contributed by atoms with Crippen LogP contribution >= 0.6 is 0 Å². The van der Waals surface area contributed by atoms with Crippen LogP contribution in [0.15, 0.2) is 96.6 Å². The van der Waals surface area contributed by atoms with E-state index in [0.717, 1.165) is 27.2 Å². The van der Waals surface area contributed by atoms with Crippen molar-refractivity contribution >= 4 is 28.8 Å². The van der Waals surface area contributed by atoms with Crippen LogP contribution in [0.1, 0.15) is 11.1 Å². The number of carbonyl (C=O) groups excluding carboxylic acids is 2. The van der Waals surface area contributed by atoms with Gasteiger partial charge in [-0.25, -0.2) is 4.90 Å². The van der Waals surface area contributed by atoms with Crippen molar-refractivity contribution in [3.05, 3.63) is 118 Å². The summed E-state index contributed by atoms with van der Waals surface area (Å²) in [7, 11) is 1.41. The monoisotopic (exact) mass is 478 g/mol. The molecular formula is C29H22N2O5. The molecule has 2 amide bonds. The SMILES string of the molecule is COc1ccc([N+](=O)[O-])cc1N1C(=O)[C@H]2[C@H](C1=O)[C@H]1C=C[C@H]2C1=C(c1ccccc1)c1ccccc1. The molecule has 3 aromatic carbocycles. The van der Waals surface area contributed by atoms with Gasteiger partial charge in [-0.15, -0.1) is 0 Å². The maximum Gasteiger partial charge on any atom is 0.271 e. The molecule has 1 saturated heterocycles. The lowest BCUT2D eigenvalue weighted by molar-refractivity contribution is -0.384. The van der Waals surface area contributed by atoms with Crippen LogP contribution in [0.4, 0.5) is 11.4 Å². The van der Waals surface area contributed by atoms with E-state index in [4.69, 9.17) is 4.74 Å². The van der Waals surface area contributed by atoms with Gasteiger partial charge in [0.1, 0.15) is 11.4 Å². The molecule has 36 heavy (non-hydrogen) atoms. The van der Waals surface area contributed by atoms with Gasteiger partial charge in [0.2, 0.25) is 11.8 Å². The molecule has 2 bridgehead atoms. The Hall–Kier alpha value is -4.52. The van der Waals surface area contributed by atoms with Crippen LogP contribution in [0.2, 0.25) is 0 Å². The summed E-state index contributed by atoms with van der Waals surface area (Å²) in [6.45, 7) is 0. The van der Waals surface area contributed by atoms with Crippen molar-refractivity contribution in [3.8, 4) is 5.75 Å². The Morgan fingerprint density at radius 1 is 0.833 bits per heavy atom. The average Bonchev–Trinajstić information content (AvgIpc) is 3.54. The van der Waals surface area contributed by atoms with Gasteiger partial charge in [0.05, 0.1) is 23.9 Å². The number of carbonyl (C=O) groups is 2. The third kappa shape index (κ3) is 3.12. The Morgan fingerprint density at radius 2 is 1.36 bits per heavy atom. The van der Waals surface area contributed by atoms with Gasteiger partial charge >= 0.3 is 0 Å². The zero-order valence-electron chi connectivity index (χ0n) is 19.4. The predicted molar refractivity (Wildman–Crippen MR) is 134 cm³/mol. The number of nitro groups is 1. The van der Waals surface area contributed by atoms with E-state index < -0.39 is 16.8 Å². The van der Waals surface area contributed by atoms with Crippen LogP contribution < -0.4 is 9.64 Å². The lowest BCUT2D eigenvalue weighted by Gasteiger charge is -2.22. The van der Waals surface area contributed by atoms with Crippen molar-refractivity contribution in [2.75, 3.05) is 12.0 Å². The molecule has 2 aliphatic carbocycles. The number of benzene rings is 3. The third-order valence-corrected chi connectivity index (χ3v) is 7.44. The van der Waals surface area contributed by atoms with Crippen LogP contribution in [0.3, 0.4) is 0 Å². The van der Waals surface area contributed by atoms with E-state index in [9.17, 15) is 19.7 Å². The minimum atomic E-state index is -0.561. The summed E-state index contributed by atoms with van der Waals surface area (Å²) < 4.78 is 5.36. The number of hydrogen-bond donors (Lipinski definition) is 0. The summed E-state index contributed by atoms with van der Waals surface area (Å²) in [4.78, 5) is 39.5. The van der Waals surface area contributed by atoms with Crippen molar-refractivity contribution in [2.45, 2.75) is 0 Å².